The highest BCUT2D eigenvalue weighted by Crippen LogP contribution is 2.32. The Balaban J connectivity index is 1.56. The number of benzene rings is 2. The van der Waals surface area contributed by atoms with E-state index in [9.17, 15) is 9.59 Å². The van der Waals surface area contributed by atoms with E-state index in [4.69, 9.17) is 18.9 Å². The Bertz CT molecular complexity index is 975. The molecule has 1 fully saturated rings. The van der Waals surface area contributed by atoms with Gasteiger partial charge in [-0.25, -0.2) is 4.79 Å². The van der Waals surface area contributed by atoms with E-state index in [0.29, 0.717) is 58.0 Å². The number of ether oxygens (including phenoxy) is 4. The van der Waals surface area contributed by atoms with Crippen molar-refractivity contribution < 1.29 is 28.5 Å². The lowest BCUT2D eigenvalue weighted by Crippen LogP contribution is -2.49. The first-order valence-corrected chi connectivity index (χ1v) is 11.8. The van der Waals surface area contributed by atoms with Crippen LogP contribution in [0.5, 0.6) is 11.5 Å². The van der Waals surface area contributed by atoms with Crippen LogP contribution >= 0.6 is 0 Å². The van der Waals surface area contributed by atoms with E-state index in [-0.39, 0.29) is 18.0 Å². The molecule has 182 valence electrons. The van der Waals surface area contributed by atoms with Crippen molar-refractivity contribution in [3.05, 3.63) is 59.7 Å². The van der Waals surface area contributed by atoms with Crippen molar-refractivity contribution in [2.75, 3.05) is 40.0 Å². The number of fused-ring (bicyclic) bond motifs is 1. The zero-order chi connectivity index (χ0) is 23.9. The van der Waals surface area contributed by atoms with E-state index in [2.05, 4.69) is 0 Å². The van der Waals surface area contributed by atoms with Gasteiger partial charge in [-0.1, -0.05) is 36.4 Å². The van der Waals surface area contributed by atoms with E-state index >= 15 is 0 Å². The van der Waals surface area contributed by atoms with Crippen LogP contribution in [0.1, 0.15) is 37.0 Å². The zero-order valence-corrected chi connectivity index (χ0v) is 19.8. The van der Waals surface area contributed by atoms with Crippen LogP contribution < -0.4 is 9.47 Å². The van der Waals surface area contributed by atoms with Gasteiger partial charge in [0.15, 0.2) is 17.6 Å². The normalized spacial score (nSPS) is 16.6. The molecule has 0 aliphatic carbocycles. The van der Waals surface area contributed by atoms with Gasteiger partial charge in [-0.3, -0.25) is 4.79 Å². The third-order valence-electron chi connectivity index (χ3n) is 6.24. The van der Waals surface area contributed by atoms with Gasteiger partial charge in [-0.05, 0) is 43.0 Å². The Morgan fingerprint density at radius 1 is 1.06 bits per heavy atom. The second-order valence-electron chi connectivity index (χ2n) is 8.39. The van der Waals surface area contributed by atoms with Crippen molar-refractivity contribution >= 4 is 12.0 Å². The number of likely N-dealkylation sites (tertiary alicyclic amines) is 1. The molecule has 2 aromatic carbocycles. The standard InChI is InChI=1S/C26H32N2O6/c1-3-32-26(30)27-13-11-21(12-14-27)28(25(29)24(31-2)20-7-5-4-6-8-20)18-19-9-10-22-23(17-19)34-16-15-33-22/h4-10,17,21,24H,3,11-16,18H2,1-2H3. The Morgan fingerprint density at radius 2 is 1.76 bits per heavy atom. The molecular formula is C26H32N2O6. The van der Waals surface area contributed by atoms with Gasteiger partial charge in [0.25, 0.3) is 5.91 Å². The average Bonchev–Trinajstić information content (AvgIpc) is 2.88. The number of rotatable bonds is 7. The van der Waals surface area contributed by atoms with Crippen LogP contribution in [0.3, 0.4) is 0 Å². The maximum atomic E-state index is 13.8. The SMILES string of the molecule is CCOC(=O)N1CCC(N(Cc2ccc3c(c2)OCCO3)C(=O)C(OC)c2ccccc2)CC1. The van der Waals surface area contributed by atoms with Crippen LogP contribution in [-0.2, 0) is 20.8 Å². The molecule has 2 heterocycles. The number of amides is 2. The summed E-state index contributed by atoms with van der Waals surface area (Å²) in [5.41, 5.74) is 1.76. The molecule has 8 nitrogen and oxygen atoms in total. The third kappa shape index (κ3) is 5.44. The number of piperidine rings is 1. The summed E-state index contributed by atoms with van der Waals surface area (Å²) in [4.78, 5) is 29.6. The third-order valence-corrected chi connectivity index (χ3v) is 6.24. The second-order valence-corrected chi connectivity index (χ2v) is 8.39. The van der Waals surface area contributed by atoms with E-state index in [1.165, 1.54) is 0 Å². The molecule has 4 rings (SSSR count). The van der Waals surface area contributed by atoms with Crippen LogP contribution in [0.2, 0.25) is 0 Å². The zero-order valence-electron chi connectivity index (χ0n) is 19.8. The number of carbonyl (C=O) groups excluding carboxylic acids is 2. The topological polar surface area (TPSA) is 77.5 Å². The van der Waals surface area contributed by atoms with Crippen LogP contribution in [-0.4, -0.2) is 67.9 Å². The molecule has 0 aromatic heterocycles. The van der Waals surface area contributed by atoms with Gasteiger partial charge in [0.1, 0.15) is 13.2 Å². The highest BCUT2D eigenvalue weighted by atomic mass is 16.6. The van der Waals surface area contributed by atoms with Crippen molar-refractivity contribution in [1.82, 2.24) is 9.80 Å². The van der Waals surface area contributed by atoms with Gasteiger partial charge in [-0.15, -0.1) is 0 Å². The molecule has 0 N–H and O–H groups in total. The van der Waals surface area contributed by atoms with Gasteiger partial charge in [-0.2, -0.15) is 0 Å². The summed E-state index contributed by atoms with van der Waals surface area (Å²) in [5.74, 6) is 1.31. The second kappa shape index (κ2) is 11.2. The lowest BCUT2D eigenvalue weighted by Gasteiger charge is -2.39. The largest absolute Gasteiger partial charge is 0.486 e. The summed E-state index contributed by atoms with van der Waals surface area (Å²) in [6.07, 6.45) is 0.326. The number of methoxy groups -OCH3 is 1. The summed E-state index contributed by atoms with van der Waals surface area (Å²) in [6.45, 7) is 4.67. The van der Waals surface area contributed by atoms with E-state index in [1.807, 2.05) is 53.4 Å². The Kier molecular flexibility index (Phi) is 7.90. The van der Waals surface area contributed by atoms with E-state index in [1.54, 1.807) is 18.9 Å². The number of carbonyl (C=O) groups is 2. The first-order chi connectivity index (χ1) is 16.6. The molecule has 0 saturated carbocycles. The van der Waals surface area contributed by atoms with Crippen molar-refractivity contribution in [1.29, 1.82) is 0 Å². The Labute approximate surface area is 200 Å². The van der Waals surface area contributed by atoms with Gasteiger partial charge in [0.2, 0.25) is 0 Å². The summed E-state index contributed by atoms with van der Waals surface area (Å²) < 4.78 is 22.2. The molecule has 0 bridgehead atoms. The predicted molar refractivity (Wildman–Crippen MR) is 126 cm³/mol. The molecule has 2 aromatic rings. The molecule has 8 heteroatoms. The van der Waals surface area contributed by atoms with Gasteiger partial charge < -0.3 is 28.7 Å². The predicted octanol–water partition coefficient (Wildman–Crippen LogP) is 3.80. The lowest BCUT2D eigenvalue weighted by atomic mass is 10.00. The minimum Gasteiger partial charge on any atom is -0.486 e. The molecule has 34 heavy (non-hydrogen) atoms. The lowest BCUT2D eigenvalue weighted by molar-refractivity contribution is -0.146. The minimum atomic E-state index is -0.707. The molecule has 2 aliphatic heterocycles. The first kappa shape index (κ1) is 23.9. The highest BCUT2D eigenvalue weighted by Gasteiger charge is 2.34. The molecule has 1 unspecified atom stereocenters. The maximum absolute atomic E-state index is 13.8. The Hall–Kier alpha value is -3.26. The van der Waals surface area contributed by atoms with Crippen molar-refractivity contribution in [2.45, 2.75) is 38.5 Å². The number of nitrogens with zero attached hydrogens (tertiary/aromatic N) is 2. The summed E-state index contributed by atoms with van der Waals surface area (Å²) in [5, 5.41) is 0. The average molecular weight is 469 g/mol. The summed E-state index contributed by atoms with van der Waals surface area (Å²) in [6, 6.07) is 15.3. The Morgan fingerprint density at radius 3 is 2.44 bits per heavy atom. The minimum absolute atomic E-state index is 0.0345. The van der Waals surface area contributed by atoms with Crippen molar-refractivity contribution in [3.8, 4) is 11.5 Å². The maximum Gasteiger partial charge on any atom is 0.409 e. The fourth-order valence-electron chi connectivity index (χ4n) is 4.50. The fourth-order valence-corrected chi connectivity index (χ4v) is 4.50. The molecule has 2 aliphatic rings. The summed E-state index contributed by atoms with van der Waals surface area (Å²) >= 11 is 0. The van der Waals surface area contributed by atoms with Gasteiger partial charge in [0.05, 0.1) is 6.61 Å². The fraction of sp³-hybridized carbons (Fsp3) is 0.462. The number of hydrogen-bond acceptors (Lipinski definition) is 6. The van der Waals surface area contributed by atoms with Crippen LogP contribution in [0, 0.1) is 0 Å². The first-order valence-electron chi connectivity index (χ1n) is 11.8. The molecule has 0 spiro atoms. The van der Waals surface area contributed by atoms with Crippen LogP contribution in [0.25, 0.3) is 0 Å². The monoisotopic (exact) mass is 468 g/mol. The number of hydrogen-bond donors (Lipinski definition) is 0. The van der Waals surface area contributed by atoms with Gasteiger partial charge in [0, 0.05) is 32.8 Å². The van der Waals surface area contributed by atoms with Crippen LogP contribution in [0.4, 0.5) is 4.79 Å². The summed E-state index contributed by atoms with van der Waals surface area (Å²) in [7, 11) is 1.56. The quantitative estimate of drug-likeness (QED) is 0.615. The van der Waals surface area contributed by atoms with Crippen LogP contribution in [0.15, 0.2) is 48.5 Å². The molecule has 1 atom stereocenters. The smallest absolute Gasteiger partial charge is 0.409 e. The molecular weight excluding hydrogens is 436 g/mol. The van der Waals surface area contributed by atoms with E-state index in [0.717, 1.165) is 16.9 Å². The van der Waals surface area contributed by atoms with Gasteiger partial charge >= 0.3 is 6.09 Å². The van der Waals surface area contributed by atoms with Crippen molar-refractivity contribution in [2.24, 2.45) is 0 Å². The highest BCUT2D eigenvalue weighted by molar-refractivity contribution is 5.82. The van der Waals surface area contributed by atoms with E-state index < -0.39 is 6.10 Å². The molecule has 1 saturated heterocycles. The molecule has 2 amide bonds. The molecule has 0 radical (unpaired) electrons. The van der Waals surface area contributed by atoms with Crippen molar-refractivity contribution in [3.63, 3.8) is 0 Å².